The van der Waals surface area contributed by atoms with E-state index in [0.29, 0.717) is 12.2 Å². The predicted molar refractivity (Wildman–Crippen MR) is 42.5 cm³/mol. The van der Waals surface area contributed by atoms with E-state index in [4.69, 9.17) is 17.3 Å². The molecule has 4 heteroatoms. The summed E-state index contributed by atoms with van der Waals surface area (Å²) in [6.07, 6.45) is 2.66. The summed E-state index contributed by atoms with van der Waals surface area (Å²) in [5.74, 6) is 5.48. The summed E-state index contributed by atoms with van der Waals surface area (Å²) in [4.78, 5) is 0. The number of rotatable bonds is 4. The molecular weight excluding hydrogens is 128 g/mol. The lowest BCUT2D eigenvalue weighted by Crippen LogP contribution is -2.28. The van der Waals surface area contributed by atoms with E-state index in [1.807, 2.05) is 6.92 Å². The van der Waals surface area contributed by atoms with Crippen LogP contribution in [0.4, 0.5) is 0 Å². The van der Waals surface area contributed by atoms with Crippen LogP contribution >= 0.6 is 0 Å². The van der Waals surface area contributed by atoms with E-state index in [-0.39, 0.29) is 0 Å². The van der Waals surface area contributed by atoms with Crippen molar-refractivity contribution in [3.8, 4) is 0 Å². The van der Waals surface area contributed by atoms with Crippen molar-refractivity contribution >= 4 is 0 Å². The van der Waals surface area contributed by atoms with Crippen molar-refractivity contribution in [2.24, 2.45) is 17.3 Å². The first kappa shape index (κ1) is 9.26. The lowest BCUT2D eigenvalue weighted by Gasteiger charge is -2.12. The minimum absolute atomic E-state index is 0.359. The summed E-state index contributed by atoms with van der Waals surface area (Å²) in [5.41, 5.74) is 11.3. The molecule has 0 aromatic heterocycles. The van der Waals surface area contributed by atoms with Gasteiger partial charge in [0.25, 0.3) is 0 Å². The lowest BCUT2D eigenvalue weighted by atomic mass is 10.4. The highest BCUT2D eigenvalue weighted by atomic mass is 15.4. The van der Waals surface area contributed by atoms with Crippen molar-refractivity contribution in [2.75, 3.05) is 13.1 Å². The van der Waals surface area contributed by atoms with Crippen LogP contribution in [0, 0.1) is 0 Å². The van der Waals surface area contributed by atoms with E-state index in [2.05, 4.69) is 0 Å². The molecular formula is C6H16N4. The monoisotopic (exact) mass is 144 g/mol. The van der Waals surface area contributed by atoms with Gasteiger partial charge in [-0.15, -0.1) is 0 Å². The van der Waals surface area contributed by atoms with Crippen molar-refractivity contribution in [3.05, 3.63) is 11.9 Å². The van der Waals surface area contributed by atoms with Gasteiger partial charge in [0.05, 0.1) is 0 Å². The topological polar surface area (TPSA) is 81.3 Å². The van der Waals surface area contributed by atoms with E-state index in [1.54, 1.807) is 11.2 Å². The van der Waals surface area contributed by atoms with Crippen LogP contribution in [0.2, 0.25) is 0 Å². The zero-order valence-corrected chi connectivity index (χ0v) is 6.38. The van der Waals surface area contributed by atoms with Crippen LogP contribution in [0.15, 0.2) is 11.9 Å². The molecule has 0 fully saturated rings. The molecule has 0 rings (SSSR count). The maximum Gasteiger partial charge on any atom is 0.0395 e. The summed E-state index contributed by atoms with van der Waals surface area (Å²) < 4.78 is 0. The van der Waals surface area contributed by atoms with Gasteiger partial charge >= 0.3 is 0 Å². The molecule has 6 N–H and O–H groups in total. The molecule has 4 nitrogen and oxygen atoms in total. The minimum atomic E-state index is 0.359. The quantitative estimate of drug-likeness (QED) is 0.361. The summed E-state index contributed by atoms with van der Waals surface area (Å²) >= 11 is 0. The Morgan fingerprint density at radius 2 is 2.20 bits per heavy atom. The number of nitrogens with two attached hydrogens (primary N) is 3. The number of hydrazine groups is 1. The molecule has 0 spiro atoms. The maximum absolute atomic E-state index is 5.48. The van der Waals surface area contributed by atoms with Gasteiger partial charge in [-0.25, -0.2) is 5.84 Å². The van der Waals surface area contributed by atoms with Crippen LogP contribution in [0.1, 0.15) is 13.3 Å². The number of hydrogen-bond acceptors (Lipinski definition) is 4. The normalized spacial score (nSPS) is 11.7. The standard InChI is InChI=1S/C6H16N4/c1-2-3-10(9)5-6(8)4-7/h5H,2-4,7-9H2,1H3/b6-5-. The Morgan fingerprint density at radius 1 is 1.60 bits per heavy atom. The summed E-state index contributed by atoms with van der Waals surface area (Å²) in [7, 11) is 0. The first-order valence-corrected chi connectivity index (χ1v) is 3.38. The van der Waals surface area contributed by atoms with Crippen LogP contribution in [-0.4, -0.2) is 18.1 Å². The first-order valence-electron chi connectivity index (χ1n) is 3.38. The molecule has 10 heavy (non-hydrogen) atoms. The fraction of sp³-hybridized carbons (Fsp3) is 0.667. The molecule has 0 heterocycles. The molecule has 0 saturated carbocycles. The average molecular weight is 144 g/mol. The molecule has 0 aromatic carbocycles. The third kappa shape index (κ3) is 4.17. The molecule has 0 aromatic rings. The smallest absolute Gasteiger partial charge is 0.0395 e. The van der Waals surface area contributed by atoms with Gasteiger partial charge < -0.3 is 16.5 Å². The van der Waals surface area contributed by atoms with Gasteiger partial charge in [-0.2, -0.15) is 0 Å². The maximum atomic E-state index is 5.48. The van der Waals surface area contributed by atoms with Crippen LogP contribution in [0.5, 0.6) is 0 Å². The van der Waals surface area contributed by atoms with Gasteiger partial charge in [0.1, 0.15) is 0 Å². The van der Waals surface area contributed by atoms with Gasteiger partial charge in [0, 0.05) is 25.0 Å². The van der Waals surface area contributed by atoms with Gasteiger partial charge in [-0.05, 0) is 6.42 Å². The fourth-order valence-corrected chi connectivity index (χ4v) is 0.588. The second kappa shape index (κ2) is 5.08. The van der Waals surface area contributed by atoms with Crippen molar-refractivity contribution < 1.29 is 0 Å². The van der Waals surface area contributed by atoms with Crippen molar-refractivity contribution in [2.45, 2.75) is 13.3 Å². The zero-order chi connectivity index (χ0) is 7.98. The Bertz CT molecular complexity index is 110. The Balaban J connectivity index is 3.62. The SMILES string of the molecule is CCCN(N)/C=C(\N)CN. The molecule has 0 saturated heterocycles. The molecule has 0 atom stereocenters. The Morgan fingerprint density at radius 3 is 2.60 bits per heavy atom. The molecule has 0 amide bonds. The summed E-state index contributed by atoms with van der Waals surface area (Å²) in [6.45, 7) is 3.21. The number of hydrogen-bond donors (Lipinski definition) is 3. The van der Waals surface area contributed by atoms with E-state index in [9.17, 15) is 0 Å². The van der Waals surface area contributed by atoms with Crippen molar-refractivity contribution in [1.29, 1.82) is 0 Å². The highest BCUT2D eigenvalue weighted by Gasteiger charge is 1.90. The summed E-state index contributed by atoms with van der Waals surface area (Å²) in [5, 5.41) is 1.54. The highest BCUT2D eigenvalue weighted by molar-refractivity contribution is 4.95. The number of nitrogens with zero attached hydrogens (tertiary/aromatic N) is 1. The molecule has 0 aliphatic rings. The van der Waals surface area contributed by atoms with Gasteiger partial charge in [-0.3, -0.25) is 0 Å². The molecule has 0 aliphatic carbocycles. The van der Waals surface area contributed by atoms with Crippen molar-refractivity contribution in [1.82, 2.24) is 5.01 Å². The van der Waals surface area contributed by atoms with Crippen LogP contribution in [-0.2, 0) is 0 Å². The molecule has 0 radical (unpaired) electrons. The second-order valence-corrected chi connectivity index (χ2v) is 2.15. The average Bonchev–Trinajstić information content (AvgIpc) is 1.88. The van der Waals surface area contributed by atoms with Gasteiger partial charge in [-0.1, -0.05) is 6.92 Å². The summed E-state index contributed by atoms with van der Waals surface area (Å²) in [6, 6.07) is 0. The molecule has 0 aliphatic heterocycles. The highest BCUT2D eigenvalue weighted by Crippen LogP contribution is 1.86. The third-order valence-electron chi connectivity index (χ3n) is 1.05. The Kier molecular flexibility index (Phi) is 4.70. The van der Waals surface area contributed by atoms with E-state index < -0.39 is 0 Å². The van der Waals surface area contributed by atoms with Gasteiger partial charge in [0.15, 0.2) is 0 Å². The van der Waals surface area contributed by atoms with Crippen LogP contribution in [0.25, 0.3) is 0 Å². The van der Waals surface area contributed by atoms with E-state index in [1.165, 1.54) is 0 Å². The Hall–Kier alpha value is -0.740. The van der Waals surface area contributed by atoms with Gasteiger partial charge in [0.2, 0.25) is 0 Å². The van der Waals surface area contributed by atoms with E-state index in [0.717, 1.165) is 13.0 Å². The largest absolute Gasteiger partial charge is 0.400 e. The predicted octanol–water partition coefficient (Wildman–Crippen LogP) is -0.669. The van der Waals surface area contributed by atoms with Crippen LogP contribution in [0.3, 0.4) is 0 Å². The molecule has 60 valence electrons. The van der Waals surface area contributed by atoms with E-state index >= 15 is 0 Å². The Labute approximate surface area is 61.6 Å². The fourth-order valence-electron chi connectivity index (χ4n) is 0.588. The van der Waals surface area contributed by atoms with Crippen molar-refractivity contribution in [3.63, 3.8) is 0 Å². The molecule has 0 bridgehead atoms. The van der Waals surface area contributed by atoms with Crippen LogP contribution < -0.4 is 17.3 Å². The molecule has 0 unspecified atom stereocenters. The first-order chi connectivity index (χ1) is 4.70. The third-order valence-corrected chi connectivity index (χ3v) is 1.05. The second-order valence-electron chi connectivity index (χ2n) is 2.15. The zero-order valence-electron chi connectivity index (χ0n) is 6.38. The minimum Gasteiger partial charge on any atom is -0.400 e. The lowest BCUT2D eigenvalue weighted by molar-refractivity contribution is 0.389.